The van der Waals surface area contributed by atoms with Crippen LogP contribution in [-0.2, 0) is 19.4 Å². The number of benzene rings is 1. The summed E-state index contributed by atoms with van der Waals surface area (Å²) in [6.45, 7) is 7.45. The van der Waals surface area contributed by atoms with Gasteiger partial charge in [-0.25, -0.2) is 8.42 Å². The molecule has 2 aliphatic heterocycles. The van der Waals surface area contributed by atoms with Crippen molar-refractivity contribution in [3.63, 3.8) is 0 Å². The number of carbonyl (C=O) groups is 1. The van der Waals surface area contributed by atoms with Crippen molar-refractivity contribution < 1.29 is 17.9 Å². The van der Waals surface area contributed by atoms with Gasteiger partial charge in [0.15, 0.2) is 9.84 Å². The van der Waals surface area contributed by atoms with Crippen molar-refractivity contribution in [2.24, 2.45) is 0 Å². The molecule has 27 heavy (non-hydrogen) atoms. The fourth-order valence-electron chi connectivity index (χ4n) is 4.09. The summed E-state index contributed by atoms with van der Waals surface area (Å²) in [6.07, 6.45) is 2.51. The van der Waals surface area contributed by atoms with E-state index in [0.717, 1.165) is 24.3 Å². The van der Waals surface area contributed by atoms with Crippen LogP contribution in [0.25, 0.3) is 0 Å². The van der Waals surface area contributed by atoms with E-state index in [-0.39, 0.29) is 29.6 Å². The van der Waals surface area contributed by atoms with Crippen LogP contribution in [0.5, 0.6) is 0 Å². The molecule has 0 radical (unpaired) electrons. The van der Waals surface area contributed by atoms with Crippen molar-refractivity contribution in [1.29, 1.82) is 0 Å². The largest absolute Gasteiger partial charge is 0.376 e. The van der Waals surface area contributed by atoms with Crippen LogP contribution >= 0.6 is 11.8 Å². The van der Waals surface area contributed by atoms with Crippen LogP contribution in [0.15, 0.2) is 17.0 Å². The highest BCUT2D eigenvalue weighted by Gasteiger charge is 2.36. The number of ether oxygens (including phenoxy) is 1. The van der Waals surface area contributed by atoms with E-state index in [0.29, 0.717) is 18.7 Å². The minimum atomic E-state index is -3.03. The third-order valence-electron chi connectivity index (χ3n) is 5.34. The van der Waals surface area contributed by atoms with E-state index in [2.05, 4.69) is 32.9 Å². The maximum Gasteiger partial charge on any atom is 0.233 e. The minimum absolute atomic E-state index is 0.0111. The van der Waals surface area contributed by atoms with Crippen molar-refractivity contribution in [3.8, 4) is 0 Å². The van der Waals surface area contributed by atoms with Gasteiger partial charge in [0.1, 0.15) is 0 Å². The van der Waals surface area contributed by atoms with Gasteiger partial charge in [-0.05, 0) is 51.2 Å². The summed E-state index contributed by atoms with van der Waals surface area (Å²) in [6, 6.07) is 4.05. The van der Waals surface area contributed by atoms with E-state index in [1.165, 1.54) is 16.7 Å². The molecule has 2 atom stereocenters. The summed E-state index contributed by atoms with van der Waals surface area (Å²) in [5, 5.41) is 0. The van der Waals surface area contributed by atoms with Crippen LogP contribution in [0.3, 0.4) is 0 Å². The topological polar surface area (TPSA) is 63.7 Å². The molecule has 2 aliphatic rings. The van der Waals surface area contributed by atoms with E-state index in [4.69, 9.17) is 4.74 Å². The van der Waals surface area contributed by atoms with Crippen molar-refractivity contribution in [2.75, 3.05) is 30.4 Å². The Bertz CT molecular complexity index is 777. The predicted molar refractivity (Wildman–Crippen MR) is 109 cm³/mol. The Hall–Kier alpha value is -1.05. The second kappa shape index (κ2) is 8.53. The maximum atomic E-state index is 13.0. The molecule has 2 fully saturated rings. The summed E-state index contributed by atoms with van der Waals surface area (Å²) in [5.74, 6) is 0.597. The summed E-state index contributed by atoms with van der Waals surface area (Å²) < 4.78 is 29.6. The van der Waals surface area contributed by atoms with Crippen LogP contribution in [0.1, 0.15) is 36.0 Å². The number of nitrogens with zero attached hydrogens (tertiary/aromatic N) is 1. The second-order valence-electron chi connectivity index (χ2n) is 7.75. The first-order valence-electron chi connectivity index (χ1n) is 9.57. The van der Waals surface area contributed by atoms with E-state index >= 15 is 0 Å². The van der Waals surface area contributed by atoms with E-state index in [9.17, 15) is 13.2 Å². The molecule has 2 heterocycles. The number of hydrogen-bond donors (Lipinski definition) is 0. The summed E-state index contributed by atoms with van der Waals surface area (Å²) in [7, 11) is -3.03. The number of carbonyl (C=O) groups excluding carboxylic acids is 1. The number of thioether (sulfide) groups is 1. The SMILES string of the molecule is Cc1cc(C)c(SCC(=O)N(C[C@@H]2CCCO2)[C@@H]2CCS(=O)(=O)C2)c(C)c1. The molecule has 0 saturated carbocycles. The molecule has 0 unspecified atom stereocenters. The number of rotatable bonds is 6. The van der Waals surface area contributed by atoms with Crippen LogP contribution in [0.2, 0.25) is 0 Å². The minimum Gasteiger partial charge on any atom is -0.376 e. The maximum absolute atomic E-state index is 13.0. The zero-order chi connectivity index (χ0) is 19.6. The second-order valence-corrected chi connectivity index (χ2v) is 11.0. The van der Waals surface area contributed by atoms with Gasteiger partial charge in [0, 0.05) is 24.1 Å². The van der Waals surface area contributed by atoms with Crippen molar-refractivity contribution in [2.45, 2.75) is 57.1 Å². The third kappa shape index (κ3) is 5.27. The van der Waals surface area contributed by atoms with Gasteiger partial charge in [-0.15, -0.1) is 11.8 Å². The molecule has 7 heteroatoms. The van der Waals surface area contributed by atoms with Gasteiger partial charge in [0.25, 0.3) is 0 Å². The molecule has 3 rings (SSSR count). The normalized spacial score (nSPS) is 24.3. The monoisotopic (exact) mass is 411 g/mol. The molecule has 0 aliphatic carbocycles. The van der Waals surface area contributed by atoms with Crippen molar-refractivity contribution in [3.05, 3.63) is 28.8 Å². The molecule has 0 spiro atoms. The van der Waals surface area contributed by atoms with Gasteiger partial charge in [0.2, 0.25) is 5.91 Å². The number of aryl methyl sites for hydroxylation is 3. The summed E-state index contributed by atoms with van der Waals surface area (Å²) >= 11 is 1.55. The molecule has 0 N–H and O–H groups in total. The Balaban J connectivity index is 1.70. The lowest BCUT2D eigenvalue weighted by molar-refractivity contribution is -0.131. The molecular formula is C20H29NO4S2. The Morgan fingerprint density at radius 3 is 2.48 bits per heavy atom. The van der Waals surface area contributed by atoms with Gasteiger partial charge in [0.05, 0.1) is 23.4 Å². The first-order valence-corrected chi connectivity index (χ1v) is 12.4. The lowest BCUT2D eigenvalue weighted by atomic mass is 10.1. The molecule has 1 aromatic carbocycles. The molecule has 1 aromatic rings. The zero-order valence-electron chi connectivity index (χ0n) is 16.4. The summed E-state index contributed by atoms with van der Waals surface area (Å²) in [5.41, 5.74) is 3.58. The zero-order valence-corrected chi connectivity index (χ0v) is 18.0. The van der Waals surface area contributed by atoms with E-state index in [1.54, 1.807) is 16.7 Å². The third-order valence-corrected chi connectivity index (χ3v) is 8.41. The Labute approximate surface area is 166 Å². The standard InChI is InChI=1S/C20H29NO4S2/c1-14-9-15(2)20(16(3)10-14)26-12-19(22)21(11-18-5-4-7-25-18)17-6-8-27(23,24)13-17/h9-10,17-18H,4-8,11-13H2,1-3H3/t17-,18+/m1/s1. The lowest BCUT2D eigenvalue weighted by Crippen LogP contribution is -2.46. The van der Waals surface area contributed by atoms with Crippen molar-refractivity contribution >= 4 is 27.5 Å². The molecule has 1 amide bonds. The predicted octanol–water partition coefficient (Wildman–Crippen LogP) is 2.90. The average Bonchev–Trinajstić information content (AvgIpc) is 3.20. The molecule has 2 saturated heterocycles. The number of sulfone groups is 1. The lowest BCUT2D eigenvalue weighted by Gasteiger charge is -2.30. The molecule has 0 aromatic heterocycles. The Morgan fingerprint density at radius 2 is 1.93 bits per heavy atom. The molecular weight excluding hydrogens is 382 g/mol. The Kier molecular flexibility index (Phi) is 6.54. The highest BCUT2D eigenvalue weighted by Crippen LogP contribution is 2.29. The molecule has 0 bridgehead atoms. The van der Waals surface area contributed by atoms with Crippen molar-refractivity contribution in [1.82, 2.24) is 4.90 Å². The quantitative estimate of drug-likeness (QED) is 0.674. The smallest absolute Gasteiger partial charge is 0.233 e. The molecule has 150 valence electrons. The van der Waals surface area contributed by atoms with E-state index in [1.807, 2.05) is 0 Å². The summed E-state index contributed by atoms with van der Waals surface area (Å²) in [4.78, 5) is 16.0. The number of hydrogen-bond acceptors (Lipinski definition) is 5. The fourth-order valence-corrected chi connectivity index (χ4v) is 6.83. The first-order chi connectivity index (χ1) is 12.7. The van der Waals surface area contributed by atoms with Gasteiger partial charge >= 0.3 is 0 Å². The van der Waals surface area contributed by atoms with Gasteiger partial charge in [-0.1, -0.05) is 17.7 Å². The van der Waals surface area contributed by atoms with Crippen LogP contribution < -0.4 is 0 Å². The average molecular weight is 412 g/mol. The van der Waals surface area contributed by atoms with Gasteiger partial charge < -0.3 is 9.64 Å². The highest BCUT2D eigenvalue weighted by molar-refractivity contribution is 8.00. The fraction of sp³-hybridized carbons (Fsp3) is 0.650. The molecule has 5 nitrogen and oxygen atoms in total. The van der Waals surface area contributed by atoms with E-state index < -0.39 is 9.84 Å². The Morgan fingerprint density at radius 1 is 1.22 bits per heavy atom. The van der Waals surface area contributed by atoms with Crippen LogP contribution in [0, 0.1) is 20.8 Å². The van der Waals surface area contributed by atoms with Gasteiger partial charge in [-0.3, -0.25) is 4.79 Å². The number of amides is 1. The van der Waals surface area contributed by atoms with Gasteiger partial charge in [-0.2, -0.15) is 0 Å². The van der Waals surface area contributed by atoms with Crippen LogP contribution in [0.4, 0.5) is 0 Å². The first kappa shape index (κ1) is 20.7. The van der Waals surface area contributed by atoms with Crippen LogP contribution in [-0.4, -0.2) is 61.8 Å². The highest BCUT2D eigenvalue weighted by atomic mass is 32.2.